The highest BCUT2D eigenvalue weighted by molar-refractivity contribution is 5.93. The average molecular weight is 959 g/mol. The van der Waals surface area contributed by atoms with Crippen molar-refractivity contribution in [2.45, 2.75) is 51.4 Å². The largest absolute Gasteiger partial charge is 0.495 e. The summed E-state index contributed by atoms with van der Waals surface area (Å²) in [5.41, 5.74) is 3.59. The van der Waals surface area contributed by atoms with Crippen LogP contribution in [0.5, 0.6) is 11.5 Å². The molecule has 4 saturated heterocycles. The van der Waals surface area contributed by atoms with Gasteiger partial charge in [0.15, 0.2) is 0 Å². The molecular weight excluding hydrogens is 877 g/mol. The minimum absolute atomic E-state index is 0.773. The minimum Gasteiger partial charge on any atom is -0.495 e. The molecule has 0 saturated carbocycles. The highest BCUT2D eigenvalue weighted by Crippen LogP contribution is 2.32. The van der Waals surface area contributed by atoms with Gasteiger partial charge in [0.1, 0.15) is 23.1 Å². The van der Waals surface area contributed by atoms with Crippen LogP contribution in [0.25, 0.3) is 21.8 Å². The fourth-order valence-electron chi connectivity index (χ4n) is 9.42. The van der Waals surface area contributed by atoms with Gasteiger partial charge in [-0.25, -0.2) is 9.97 Å². The van der Waals surface area contributed by atoms with Crippen molar-refractivity contribution in [2.24, 2.45) is 0 Å². The molecule has 4 aliphatic heterocycles. The Bertz CT molecular complexity index is 2250. The molecule has 0 bridgehead atoms. The molecule has 16 heteroatoms. The number of benzene rings is 2. The Morgan fingerprint density at radius 1 is 0.514 bits per heavy atom. The van der Waals surface area contributed by atoms with E-state index in [2.05, 4.69) is 128 Å². The van der Waals surface area contributed by atoms with Crippen molar-refractivity contribution < 1.29 is 9.47 Å². The number of anilines is 4. The van der Waals surface area contributed by atoms with Crippen LogP contribution in [0.4, 0.5) is 23.5 Å². The number of rotatable bonds is 16. The van der Waals surface area contributed by atoms with Crippen LogP contribution in [0.15, 0.2) is 24.3 Å². The standard InChI is InChI=1S/2C27H41N7O/c2*1-31(2)17-11-28-26-23-21-25(35-4)22(10-5-6-13-33-14-7-8-15-33)20-24(23)29-27(30-26)34-16-9-12-32(3)18-19-34/h2*20-21H,6-9,11-19H2,1-4H3,(H,28,29,30). The Hall–Kier alpha value is -5.20. The van der Waals surface area contributed by atoms with Crippen molar-refractivity contribution in [1.82, 2.24) is 49.3 Å². The van der Waals surface area contributed by atoms with Crippen LogP contribution in [0.3, 0.4) is 0 Å². The van der Waals surface area contributed by atoms with Gasteiger partial charge in [-0.1, -0.05) is 23.7 Å². The minimum atomic E-state index is 0.773. The Kier molecular flexibility index (Phi) is 20.2. The third-order valence-corrected chi connectivity index (χ3v) is 13.7. The molecule has 4 aromatic rings. The summed E-state index contributed by atoms with van der Waals surface area (Å²) in [6.45, 7) is 18.4. The molecule has 2 aromatic carbocycles. The van der Waals surface area contributed by atoms with Crippen molar-refractivity contribution in [3.05, 3.63) is 35.4 Å². The molecule has 0 atom stereocenters. The average Bonchev–Trinajstić information content (AvgIpc) is 3.98. The first-order valence-corrected chi connectivity index (χ1v) is 25.9. The first-order valence-electron chi connectivity index (χ1n) is 25.9. The van der Waals surface area contributed by atoms with Gasteiger partial charge < -0.3 is 59.3 Å². The van der Waals surface area contributed by atoms with Crippen molar-refractivity contribution in [1.29, 1.82) is 0 Å². The summed E-state index contributed by atoms with van der Waals surface area (Å²) in [5.74, 6) is 18.3. The fraction of sp³-hybridized carbons (Fsp3) is 0.630. The number of aromatic nitrogens is 4. The van der Waals surface area contributed by atoms with Gasteiger partial charge in [-0.15, -0.1) is 0 Å². The maximum atomic E-state index is 5.74. The van der Waals surface area contributed by atoms with E-state index in [9.17, 15) is 0 Å². The van der Waals surface area contributed by atoms with E-state index in [0.717, 1.165) is 185 Å². The fourth-order valence-corrected chi connectivity index (χ4v) is 9.42. The molecule has 380 valence electrons. The first kappa shape index (κ1) is 52.6. The SMILES string of the molecule is COc1cc2c(NCCN(C)C)nc(N3CCCN(C)CC3)nc2cc1C#CCCN1CCCC1.COc1cc2c(NCCN(C)C)nc(N3CCCN(C)CC3)nc2cc1C#CCCN1CCCC1. The van der Waals surface area contributed by atoms with Gasteiger partial charge in [-0.3, -0.25) is 0 Å². The number of methoxy groups -OCH3 is 2. The molecule has 0 spiro atoms. The van der Waals surface area contributed by atoms with Gasteiger partial charge in [0.2, 0.25) is 11.9 Å². The number of nitrogens with one attached hydrogen (secondary N) is 2. The van der Waals surface area contributed by atoms with Gasteiger partial charge in [-0.2, -0.15) is 9.97 Å². The summed E-state index contributed by atoms with van der Waals surface area (Å²) in [5, 5.41) is 9.04. The van der Waals surface area contributed by atoms with Gasteiger partial charge in [-0.05, 0) is 144 Å². The van der Waals surface area contributed by atoms with E-state index in [1.807, 2.05) is 12.1 Å². The number of likely N-dealkylation sites (N-methyl/N-ethyl adjacent to an activating group) is 4. The van der Waals surface area contributed by atoms with E-state index in [0.29, 0.717) is 0 Å². The van der Waals surface area contributed by atoms with Crippen LogP contribution in [0, 0.1) is 23.7 Å². The molecule has 4 fully saturated rings. The molecule has 16 nitrogen and oxygen atoms in total. The van der Waals surface area contributed by atoms with Gasteiger partial charge in [0.25, 0.3) is 0 Å². The van der Waals surface area contributed by atoms with Gasteiger partial charge in [0.05, 0.1) is 36.4 Å². The van der Waals surface area contributed by atoms with E-state index in [-0.39, 0.29) is 0 Å². The Morgan fingerprint density at radius 2 is 0.929 bits per heavy atom. The lowest BCUT2D eigenvalue weighted by molar-refractivity contribution is 0.348. The zero-order valence-corrected chi connectivity index (χ0v) is 43.9. The van der Waals surface area contributed by atoms with Crippen LogP contribution >= 0.6 is 0 Å². The Labute approximate surface area is 419 Å². The van der Waals surface area contributed by atoms with E-state index < -0.39 is 0 Å². The molecule has 0 radical (unpaired) electrons. The maximum Gasteiger partial charge on any atom is 0.227 e. The van der Waals surface area contributed by atoms with Gasteiger partial charge in [0, 0.05) is 102 Å². The summed E-state index contributed by atoms with van der Waals surface area (Å²) < 4.78 is 11.5. The Morgan fingerprint density at radius 3 is 1.31 bits per heavy atom. The normalized spacial score (nSPS) is 17.5. The number of nitrogens with zero attached hydrogens (tertiary/aromatic N) is 12. The predicted molar refractivity (Wildman–Crippen MR) is 289 cm³/mol. The quantitative estimate of drug-likeness (QED) is 0.144. The topological polar surface area (TPSA) is 120 Å². The molecule has 2 N–H and O–H groups in total. The molecule has 6 heterocycles. The summed E-state index contributed by atoms with van der Waals surface area (Å²) in [4.78, 5) is 38.7. The number of fused-ring (bicyclic) bond motifs is 2. The van der Waals surface area contributed by atoms with Crippen molar-refractivity contribution in [3.63, 3.8) is 0 Å². The second-order valence-electron chi connectivity index (χ2n) is 19.8. The lowest BCUT2D eigenvalue weighted by Crippen LogP contribution is -2.30. The molecule has 70 heavy (non-hydrogen) atoms. The van der Waals surface area contributed by atoms with Crippen LogP contribution in [0.2, 0.25) is 0 Å². The van der Waals surface area contributed by atoms with Crippen molar-refractivity contribution >= 4 is 45.3 Å². The third kappa shape index (κ3) is 15.4. The smallest absolute Gasteiger partial charge is 0.227 e. The molecular formula is C54H82N14O2. The summed E-state index contributed by atoms with van der Waals surface area (Å²) in [7, 11) is 16.1. The lowest BCUT2D eigenvalue weighted by atomic mass is 10.1. The molecule has 8 rings (SSSR count). The lowest BCUT2D eigenvalue weighted by Gasteiger charge is -2.22. The second kappa shape index (κ2) is 26.9. The number of ether oxygens (including phenoxy) is 2. The van der Waals surface area contributed by atoms with Crippen LogP contribution in [-0.4, -0.2) is 224 Å². The highest BCUT2D eigenvalue weighted by Gasteiger charge is 2.21. The van der Waals surface area contributed by atoms with E-state index in [1.165, 1.54) is 51.9 Å². The molecule has 0 aliphatic carbocycles. The highest BCUT2D eigenvalue weighted by atomic mass is 16.5. The second-order valence-corrected chi connectivity index (χ2v) is 19.8. The van der Waals surface area contributed by atoms with Gasteiger partial charge >= 0.3 is 0 Å². The maximum absolute atomic E-state index is 5.74. The van der Waals surface area contributed by atoms with Crippen molar-refractivity contribution in [3.8, 4) is 35.2 Å². The van der Waals surface area contributed by atoms with E-state index in [4.69, 9.17) is 29.4 Å². The zero-order chi connectivity index (χ0) is 49.2. The van der Waals surface area contributed by atoms with Crippen LogP contribution in [-0.2, 0) is 0 Å². The molecule has 0 unspecified atom stereocenters. The number of likely N-dealkylation sites (tertiary alicyclic amines) is 2. The third-order valence-electron chi connectivity index (χ3n) is 13.7. The van der Waals surface area contributed by atoms with E-state index >= 15 is 0 Å². The summed E-state index contributed by atoms with van der Waals surface area (Å²) in [6.07, 6.45) is 9.20. The molecule has 4 aliphatic rings. The van der Waals surface area contributed by atoms with E-state index in [1.54, 1.807) is 14.2 Å². The number of hydrogen-bond donors (Lipinski definition) is 2. The summed E-state index contributed by atoms with van der Waals surface area (Å²) in [6, 6.07) is 8.22. The first-order chi connectivity index (χ1) is 34.1. The number of hydrogen-bond acceptors (Lipinski definition) is 16. The van der Waals surface area contributed by atoms with Crippen LogP contribution < -0.4 is 29.9 Å². The summed E-state index contributed by atoms with van der Waals surface area (Å²) >= 11 is 0. The molecule has 2 aromatic heterocycles. The van der Waals surface area contributed by atoms with Crippen LogP contribution in [0.1, 0.15) is 62.5 Å². The predicted octanol–water partition coefficient (Wildman–Crippen LogP) is 5.18. The zero-order valence-electron chi connectivity index (χ0n) is 43.9. The molecule has 0 amide bonds. The Balaban J connectivity index is 0.000000206. The van der Waals surface area contributed by atoms with Crippen molar-refractivity contribution in [2.75, 3.05) is 195 Å². The monoisotopic (exact) mass is 959 g/mol.